The van der Waals surface area contributed by atoms with Crippen molar-refractivity contribution in [3.05, 3.63) is 164 Å². The summed E-state index contributed by atoms with van der Waals surface area (Å²) < 4.78 is 14.8. The molecular weight excluding hydrogens is 631 g/mol. The predicted molar refractivity (Wildman–Crippen MR) is 198 cm³/mol. The van der Waals surface area contributed by atoms with Crippen LogP contribution < -0.4 is 14.2 Å². The standard InChI is InChI=1S/C45H27N3O3/c46-28-49-43-19-13-34(14-20-43)31-1-7-37(8-2-31)40-25-41(38-9-3-32(4-10-38)35-15-21-44(22-16-35)50-29-47)27-42(26-40)39-11-5-33(6-12-39)36-17-23-45(24-18-36)51-30-48/h1-27H. The zero-order valence-corrected chi connectivity index (χ0v) is 27.2. The first kappa shape index (κ1) is 32.0. The van der Waals surface area contributed by atoms with Gasteiger partial charge in [-0.05, 0) is 121 Å². The zero-order chi connectivity index (χ0) is 35.0. The molecule has 7 rings (SSSR count). The molecule has 0 radical (unpaired) electrons. The molecule has 0 heterocycles. The molecule has 0 atom stereocenters. The molecule has 0 aliphatic rings. The van der Waals surface area contributed by atoms with Gasteiger partial charge in [-0.25, -0.2) is 0 Å². The molecule has 51 heavy (non-hydrogen) atoms. The summed E-state index contributed by atoms with van der Waals surface area (Å²) in [6, 6.07) is 54.4. The van der Waals surface area contributed by atoms with Crippen LogP contribution in [0.4, 0.5) is 0 Å². The minimum Gasteiger partial charge on any atom is -0.388 e. The van der Waals surface area contributed by atoms with Crippen molar-refractivity contribution in [2.45, 2.75) is 0 Å². The van der Waals surface area contributed by atoms with E-state index in [0.717, 1.165) is 66.8 Å². The van der Waals surface area contributed by atoms with Crippen LogP contribution in [-0.2, 0) is 0 Å². The van der Waals surface area contributed by atoms with E-state index in [1.165, 1.54) is 0 Å². The number of hydrogen-bond acceptors (Lipinski definition) is 6. The fourth-order valence-corrected chi connectivity index (χ4v) is 6.00. The number of nitrogens with zero attached hydrogens (tertiary/aromatic N) is 3. The van der Waals surface area contributed by atoms with Crippen LogP contribution in [0.25, 0.3) is 66.8 Å². The summed E-state index contributed by atoms with van der Waals surface area (Å²) in [5.41, 5.74) is 12.8. The van der Waals surface area contributed by atoms with Crippen LogP contribution in [-0.4, -0.2) is 0 Å². The lowest BCUT2D eigenvalue weighted by Crippen LogP contribution is -1.88. The number of benzene rings is 7. The minimum atomic E-state index is 0.509. The van der Waals surface area contributed by atoms with Gasteiger partial charge in [0.05, 0.1) is 0 Å². The van der Waals surface area contributed by atoms with Crippen molar-refractivity contribution < 1.29 is 14.2 Å². The van der Waals surface area contributed by atoms with Crippen molar-refractivity contribution in [1.82, 2.24) is 0 Å². The molecule has 0 aliphatic heterocycles. The Morgan fingerprint density at radius 1 is 0.235 bits per heavy atom. The lowest BCUT2D eigenvalue weighted by Gasteiger charge is -2.13. The van der Waals surface area contributed by atoms with E-state index < -0.39 is 0 Å². The van der Waals surface area contributed by atoms with Crippen LogP contribution in [0.5, 0.6) is 17.2 Å². The van der Waals surface area contributed by atoms with Gasteiger partial charge in [0.25, 0.3) is 18.8 Å². The molecule has 0 bridgehead atoms. The van der Waals surface area contributed by atoms with E-state index >= 15 is 0 Å². The maximum Gasteiger partial charge on any atom is 0.292 e. The van der Waals surface area contributed by atoms with Gasteiger partial charge in [0.1, 0.15) is 17.2 Å². The van der Waals surface area contributed by atoms with Crippen LogP contribution in [0.2, 0.25) is 0 Å². The van der Waals surface area contributed by atoms with Gasteiger partial charge in [-0.15, -0.1) is 15.8 Å². The number of hydrogen-bond donors (Lipinski definition) is 0. The lowest BCUT2D eigenvalue weighted by atomic mass is 9.91. The Bertz CT molecular complexity index is 2130. The first-order valence-electron chi connectivity index (χ1n) is 16.1. The summed E-state index contributed by atoms with van der Waals surface area (Å²) in [4.78, 5) is 0. The van der Waals surface area contributed by atoms with Crippen LogP contribution >= 0.6 is 0 Å². The van der Waals surface area contributed by atoms with Crippen molar-refractivity contribution in [3.63, 3.8) is 0 Å². The van der Waals surface area contributed by atoms with E-state index in [2.05, 4.69) is 91.0 Å². The third kappa shape index (κ3) is 7.30. The second-order valence-corrected chi connectivity index (χ2v) is 11.7. The van der Waals surface area contributed by atoms with Gasteiger partial charge in [0.15, 0.2) is 0 Å². The van der Waals surface area contributed by atoms with Crippen molar-refractivity contribution in [1.29, 1.82) is 15.8 Å². The van der Waals surface area contributed by atoms with E-state index in [1.807, 2.05) is 36.4 Å². The normalized spacial score (nSPS) is 10.3. The van der Waals surface area contributed by atoms with Gasteiger partial charge >= 0.3 is 0 Å². The molecule has 0 saturated heterocycles. The van der Waals surface area contributed by atoms with E-state index in [1.54, 1.807) is 55.2 Å². The van der Waals surface area contributed by atoms with E-state index in [4.69, 9.17) is 30.0 Å². The van der Waals surface area contributed by atoms with Crippen LogP contribution in [0, 0.1) is 34.6 Å². The average Bonchev–Trinajstić information content (AvgIpc) is 3.19. The largest absolute Gasteiger partial charge is 0.388 e. The van der Waals surface area contributed by atoms with Crippen molar-refractivity contribution in [2.75, 3.05) is 0 Å². The fraction of sp³-hybridized carbons (Fsp3) is 0. The molecule has 7 aromatic carbocycles. The second-order valence-electron chi connectivity index (χ2n) is 11.7. The zero-order valence-electron chi connectivity index (χ0n) is 27.2. The lowest BCUT2D eigenvalue weighted by molar-refractivity contribution is 0.507. The molecule has 0 unspecified atom stereocenters. The van der Waals surface area contributed by atoms with Gasteiger partial charge in [-0.3, -0.25) is 0 Å². The van der Waals surface area contributed by atoms with Crippen molar-refractivity contribution in [3.8, 4) is 103 Å². The summed E-state index contributed by atoms with van der Waals surface area (Å²) in [5.74, 6) is 1.53. The van der Waals surface area contributed by atoms with Crippen LogP contribution in [0.3, 0.4) is 0 Å². The maximum atomic E-state index is 8.80. The van der Waals surface area contributed by atoms with Gasteiger partial charge in [-0.1, -0.05) is 109 Å². The highest BCUT2D eigenvalue weighted by molar-refractivity contribution is 5.83. The van der Waals surface area contributed by atoms with E-state index in [0.29, 0.717) is 17.2 Å². The summed E-state index contributed by atoms with van der Waals surface area (Å²) in [6.07, 6.45) is 5.12. The van der Waals surface area contributed by atoms with Crippen molar-refractivity contribution in [2.24, 2.45) is 0 Å². The number of nitriles is 3. The molecule has 0 saturated carbocycles. The Kier molecular flexibility index (Phi) is 9.20. The Hall–Kier alpha value is -7.59. The van der Waals surface area contributed by atoms with Gasteiger partial charge < -0.3 is 14.2 Å². The van der Waals surface area contributed by atoms with Crippen LogP contribution in [0.15, 0.2) is 164 Å². The molecule has 0 aliphatic carbocycles. The number of rotatable bonds is 9. The first-order chi connectivity index (χ1) is 25.1. The molecule has 0 amide bonds. The summed E-state index contributed by atoms with van der Waals surface area (Å²) in [6.45, 7) is 0. The highest BCUT2D eigenvalue weighted by Gasteiger charge is 2.10. The molecule has 0 fully saturated rings. The maximum absolute atomic E-state index is 8.80. The summed E-state index contributed by atoms with van der Waals surface area (Å²) >= 11 is 0. The smallest absolute Gasteiger partial charge is 0.292 e. The molecule has 0 N–H and O–H groups in total. The first-order valence-corrected chi connectivity index (χ1v) is 16.1. The summed E-state index contributed by atoms with van der Waals surface area (Å²) in [7, 11) is 0. The highest BCUT2D eigenvalue weighted by Crippen LogP contribution is 2.36. The Morgan fingerprint density at radius 3 is 0.569 bits per heavy atom. The summed E-state index contributed by atoms with van der Waals surface area (Å²) in [5, 5.41) is 26.4. The van der Waals surface area contributed by atoms with Gasteiger partial charge in [-0.2, -0.15) is 0 Å². The molecule has 240 valence electrons. The second kappa shape index (κ2) is 14.7. The van der Waals surface area contributed by atoms with Crippen molar-refractivity contribution >= 4 is 0 Å². The Labute approximate surface area is 295 Å². The topological polar surface area (TPSA) is 99.1 Å². The van der Waals surface area contributed by atoms with Gasteiger partial charge in [0.2, 0.25) is 0 Å². The molecule has 0 aromatic heterocycles. The van der Waals surface area contributed by atoms with Gasteiger partial charge in [0, 0.05) is 0 Å². The quantitative estimate of drug-likeness (QED) is 0.143. The van der Waals surface area contributed by atoms with E-state index in [-0.39, 0.29) is 0 Å². The highest BCUT2D eigenvalue weighted by atomic mass is 16.5. The SMILES string of the molecule is N#COc1ccc(-c2ccc(-c3cc(-c4ccc(-c5ccc(OC#N)cc5)cc4)cc(-c4ccc(-c5ccc(OC#N)cc5)cc4)c3)cc2)cc1. The molecule has 6 heteroatoms. The molecule has 7 aromatic rings. The fourth-order valence-electron chi connectivity index (χ4n) is 6.00. The third-order valence-electron chi connectivity index (χ3n) is 8.64. The number of ether oxygens (including phenoxy) is 3. The average molecular weight is 658 g/mol. The minimum absolute atomic E-state index is 0.509. The molecular formula is C45H27N3O3. The molecule has 6 nitrogen and oxygen atoms in total. The Morgan fingerprint density at radius 2 is 0.392 bits per heavy atom. The Balaban J connectivity index is 1.23. The molecule has 0 spiro atoms. The monoisotopic (exact) mass is 657 g/mol. The van der Waals surface area contributed by atoms with E-state index in [9.17, 15) is 0 Å². The van der Waals surface area contributed by atoms with Crippen LogP contribution in [0.1, 0.15) is 0 Å². The predicted octanol–water partition coefficient (Wildman–Crippen LogP) is 11.3. The third-order valence-corrected chi connectivity index (χ3v) is 8.64.